The van der Waals surface area contributed by atoms with Gasteiger partial charge in [0.15, 0.2) is 0 Å². The average Bonchev–Trinajstić information content (AvgIpc) is 2.36. The Labute approximate surface area is 125 Å². The van der Waals surface area contributed by atoms with E-state index in [4.69, 9.17) is 9.84 Å². The summed E-state index contributed by atoms with van der Waals surface area (Å²) in [7, 11) is -3.62. The lowest BCUT2D eigenvalue weighted by molar-refractivity contribution is -0.136. The third kappa shape index (κ3) is 6.59. The van der Waals surface area contributed by atoms with E-state index in [-0.39, 0.29) is 6.10 Å². The van der Waals surface area contributed by atoms with Crippen LogP contribution in [0.2, 0.25) is 0 Å². The molecule has 0 amide bonds. The standard InChI is InChI=1S/C14H21NO5S/c1-10(2)20-13-6-4-12(5-7-13)11(3)15-21(18,19)9-8-14(16)17/h4-7,10-11,15H,8-9H2,1-3H3,(H,16,17). The third-order valence-corrected chi connectivity index (χ3v) is 4.15. The molecule has 1 aromatic rings. The van der Waals surface area contributed by atoms with Crippen molar-refractivity contribution >= 4 is 16.0 Å². The topological polar surface area (TPSA) is 92.7 Å². The number of hydrogen-bond acceptors (Lipinski definition) is 4. The number of ether oxygens (including phenoxy) is 1. The van der Waals surface area contributed by atoms with Crippen molar-refractivity contribution in [3.63, 3.8) is 0 Å². The molecule has 0 aliphatic rings. The summed E-state index contributed by atoms with van der Waals surface area (Å²) in [5.74, 6) is -0.848. The van der Waals surface area contributed by atoms with Gasteiger partial charge in [-0.15, -0.1) is 0 Å². The van der Waals surface area contributed by atoms with Gasteiger partial charge in [-0.1, -0.05) is 12.1 Å². The lowest BCUT2D eigenvalue weighted by Crippen LogP contribution is -2.30. The molecule has 0 saturated heterocycles. The second-order valence-corrected chi connectivity index (χ2v) is 6.91. The molecule has 0 fully saturated rings. The van der Waals surface area contributed by atoms with Gasteiger partial charge >= 0.3 is 5.97 Å². The molecular weight excluding hydrogens is 294 g/mol. The Morgan fingerprint density at radius 1 is 1.24 bits per heavy atom. The number of sulfonamides is 1. The molecule has 0 saturated carbocycles. The Bertz CT molecular complexity index is 566. The number of carbonyl (C=O) groups is 1. The fourth-order valence-corrected chi connectivity index (χ4v) is 2.96. The molecule has 21 heavy (non-hydrogen) atoms. The molecule has 0 aliphatic heterocycles. The number of nitrogens with one attached hydrogen (secondary N) is 1. The van der Waals surface area contributed by atoms with E-state index >= 15 is 0 Å². The van der Waals surface area contributed by atoms with Gasteiger partial charge in [0.2, 0.25) is 10.0 Å². The number of carboxylic acid groups (broad SMARTS) is 1. The number of hydrogen-bond donors (Lipinski definition) is 2. The summed E-state index contributed by atoms with van der Waals surface area (Å²) in [6.45, 7) is 5.55. The molecule has 0 aromatic heterocycles. The summed E-state index contributed by atoms with van der Waals surface area (Å²) in [6.07, 6.45) is -0.341. The highest BCUT2D eigenvalue weighted by atomic mass is 32.2. The smallest absolute Gasteiger partial charge is 0.304 e. The van der Waals surface area contributed by atoms with Crippen molar-refractivity contribution in [2.24, 2.45) is 0 Å². The Morgan fingerprint density at radius 2 is 1.81 bits per heavy atom. The summed E-state index contributed by atoms with van der Waals surface area (Å²) in [6, 6.07) is 6.68. The van der Waals surface area contributed by atoms with Crippen molar-refractivity contribution in [3.05, 3.63) is 29.8 Å². The van der Waals surface area contributed by atoms with Crippen LogP contribution >= 0.6 is 0 Å². The van der Waals surface area contributed by atoms with Crippen molar-refractivity contribution in [2.45, 2.75) is 39.3 Å². The van der Waals surface area contributed by atoms with Crippen LogP contribution in [0.25, 0.3) is 0 Å². The minimum Gasteiger partial charge on any atom is -0.491 e. The molecule has 0 spiro atoms. The van der Waals surface area contributed by atoms with E-state index in [1.54, 1.807) is 31.2 Å². The fraction of sp³-hybridized carbons (Fsp3) is 0.500. The van der Waals surface area contributed by atoms with E-state index in [1.165, 1.54) is 0 Å². The van der Waals surface area contributed by atoms with Gasteiger partial charge in [0.1, 0.15) is 5.75 Å². The number of rotatable bonds is 8. The molecule has 1 unspecified atom stereocenters. The second kappa shape index (κ2) is 7.42. The van der Waals surface area contributed by atoms with E-state index in [0.717, 1.165) is 11.3 Å². The van der Waals surface area contributed by atoms with Gasteiger partial charge in [-0.05, 0) is 38.5 Å². The van der Waals surface area contributed by atoms with Crippen molar-refractivity contribution in [1.82, 2.24) is 4.72 Å². The van der Waals surface area contributed by atoms with Gasteiger partial charge in [0.05, 0.1) is 18.3 Å². The number of carboxylic acids is 1. The molecular formula is C14H21NO5S. The molecule has 2 N–H and O–H groups in total. The van der Waals surface area contributed by atoms with E-state index in [0.29, 0.717) is 0 Å². The highest BCUT2D eigenvalue weighted by Crippen LogP contribution is 2.19. The van der Waals surface area contributed by atoms with Crippen LogP contribution in [0.3, 0.4) is 0 Å². The molecule has 0 bridgehead atoms. The summed E-state index contributed by atoms with van der Waals surface area (Å²) < 4.78 is 31.4. The highest BCUT2D eigenvalue weighted by molar-refractivity contribution is 7.89. The first kappa shape index (κ1) is 17.5. The predicted molar refractivity (Wildman–Crippen MR) is 79.8 cm³/mol. The van der Waals surface area contributed by atoms with Crippen LogP contribution in [-0.4, -0.2) is 31.4 Å². The maximum absolute atomic E-state index is 11.7. The van der Waals surface area contributed by atoms with Gasteiger partial charge < -0.3 is 9.84 Å². The minimum absolute atomic E-state index is 0.0720. The molecule has 7 heteroatoms. The molecule has 118 valence electrons. The minimum atomic E-state index is -3.62. The van der Waals surface area contributed by atoms with E-state index in [2.05, 4.69) is 4.72 Å². The van der Waals surface area contributed by atoms with Crippen molar-refractivity contribution in [3.8, 4) is 5.75 Å². The van der Waals surface area contributed by atoms with E-state index in [9.17, 15) is 13.2 Å². The first-order valence-corrected chi connectivity index (χ1v) is 8.33. The Hall–Kier alpha value is -1.60. The largest absolute Gasteiger partial charge is 0.491 e. The zero-order valence-corrected chi connectivity index (χ0v) is 13.2. The first-order chi connectivity index (χ1) is 9.69. The highest BCUT2D eigenvalue weighted by Gasteiger charge is 2.17. The second-order valence-electron chi connectivity index (χ2n) is 5.04. The lowest BCUT2D eigenvalue weighted by atomic mass is 10.1. The lowest BCUT2D eigenvalue weighted by Gasteiger charge is -2.15. The molecule has 0 radical (unpaired) electrons. The molecule has 0 heterocycles. The zero-order chi connectivity index (χ0) is 16.0. The molecule has 6 nitrogen and oxygen atoms in total. The van der Waals surface area contributed by atoms with Crippen molar-refractivity contribution in [1.29, 1.82) is 0 Å². The maximum Gasteiger partial charge on any atom is 0.304 e. The van der Waals surface area contributed by atoms with Gasteiger partial charge in [-0.3, -0.25) is 4.79 Å². The first-order valence-electron chi connectivity index (χ1n) is 6.68. The van der Waals surface area contributed by atoms with Crippen LogP contribution in [0.15, 0.2) is 24.3 Å². The predicted octanol–water partition coefficient (Wildman–Crippen LogP) is 1.93. The van der Waals surface area contributed by atoms with Gasteiger partial charge in [-0.2, -0.15) is 0 Å². The van der Waals surface area contributed by atoms with E-state index < -0.39 is 34.2 Å². The molecule has 1 atom stereocenters. The van der Waals surface area contributed by atoms with Crippen LogP contribution in [0.4, 0.5) is 0 Å². The Balaban J connectivity index is 2.66. The van der Waals surface area contributed by atoms with Crippen LogP contribution < -0.4 is 9.46 Å². The average molecular weight is 315 g/mol. The zero-order valence-electron chi connectivity index (χ0n) is 12.4. The van der Waals surface area contributed by atoms with E-state index in [1.807, 2.05) is 13.8 Å². The van der Waals surface area contributed by atoms with Crippen LogP contribution in [0, 0.1) is 0 Å². The van der Waals surface area contributed by atoms with Crippen LogP contribution in [-0.2, 0) is 14.8 Å². The van der Waals surface area contributed by atoms with Crippen molar-refractivity contribution < 1.29 is 23.1 Å². The van der Waals surface area contributed by atoms with Crippen molar-refractivity contribution in [2.75, 3.05) is 5.75 Å². The Morgan fingerprint density at radius 3 is 2.29 bits per heavy atom. The molecule has 1 aromatic carbocycles. The quantitative estimate of drug-likeness (QED) is 0.764. The summed E-state index contributed by atoms with van der Waals surface area (Å²) in [5.41, 5.74) is 0.782. The third-order valence-electron chi connectivity index (χ3n) is 2.69. The van der Waals surface area contributed by atoms with Gasteiger partial charge in [-0.25, -0.2) is 13.1 Å². The number of benzene rings is 1. The van der Waals surface area contributed by atoms with Crippen LogP contribution in [0.1, 0.15) is 38.8 Å². The van der Waals surface area contributed by atoms with Gasteiger partial charge in [0, 0.05) is 6.04 Å². The van der Waals surface area contributed by atoms with Crippen LogP contribution in [0.5, 0.6) is 5.75 Å². The Kier molecular flexibility index (Phi) is 6.17. The summed E-state index contributed by atoms with van der Waals surface area (Å²) >= 11 is 0. The number of aliphatic carboxylic acids is 1. The summed E-state index contributed by atoms with van der Waals surface area (Å²) in [5, 5.41) is 8.52. The monoisotopic (exact) mass is 315 g/mol. The van der Waals surface area contributed by atoms with Gasteiger partial charge in [0.25, 0.3) is 0 Å². The summed E-state index contributed by atoms with van der Waals surface area (Å²) in [4.78, 5) is 10.4. The normalized spacial score (nSPS) is 13.1. The molecule has 1 rings (SSSR count). The molecule has 0 aliphatic carbocycles. The maximum atomic E-state index is 11.7. The SMILES string of the molecule is CC(C)Oc1ccc(C(C)NS(=O)(=O)CCC(=O)O)cc1. The fourth-order valence-electron chi connectivity index (χ4n) is 1.73.